The van der Waals surface area contributed by atoms with Crippen LogP contribution in [-0.2, 0) is 20.8 Å². The highest BCUT2D eigenvalue weighted by Gasteiger charge is 2.34. The van der Waals surface area contributed by atoms with E-state index in [0.29, 0.717) is 25.0 Å². The summed E-state index contributed by atoms with van der Waals surface area (Å²) in [6.45, 7) is 10.7. The van der Waals surface area contributed by atoms with Crippen molar-refractivity contribution in [3.8, 4) is 5.75 Å². The Balaban J connectivity index is 1.65. The van der Waals surface area contributed by atoms with Crippen molar-refractivity contribution < 1.29 is 19.0 Å². The lowest BCUT2D eigenvalue weighted by Gasteiger charge is -2.45. The second-order valence-electron chi connectivity index (χ2n) is 7.82. The van der Waals surface area contributed by atoms with Crippen LogP contribution in [0.5, 0.6) is 5.75 Å². The van der Waals surface area contributed by atoms with Gasteiger partial charge < -0.3 is 14.2 Å². The van der Waals surface area contributed by atoms with Crippen LogP contribution >= 0.6 is 0 Å². The normalized spacial score (nSPS) is 23.5. The maximum absolute atomic E-state index is 11.8. The molecule has 1 aromatic carbocycles. The molecule has 2 fully saturated rings. The van der Waals surface area contributed by atoms with Crippen LogP contribution < -0.4 is 4.74 Å². The number of carbonyl (C=O) groups excluding carboxylic acids is 1. The summed E-state index contributed by atoms with van der Waals surface area (Å²) in [5.41, 5.74) is 1.20. The van der Waals surface area contributed by atoms with Crippen LogP contribution in [0.1, 0.15) is 24.8 Å². The first-order valence-electron chi connectivity index (χ1n) is 10.6. The fourth-order valence-corrected chi connectivity index (χ4v) is 4.48. The zero-order chi connectivity index (χ0) is 20.5. The first-order chi connectivity index (χ1) is 14.2. The highest BCUT2D eigenvalue weighted by atomic mass is 16.5. The predicted octanol–water partition coefficient (Wildman–Crippen LogP) is 2.73. The van der Waals surface area contributed by atoms with Crippen LogP contribution in [0.3, 0.4) is 0 Å². The number of ether oxygens (including phenoxy) is 3. The number of carbonyl (C=O) groups is 1. The standard InChI is InChI=1S/C23H34N2O4/c1-3-14-29-22-7-5-4-6-20(22)18-24-11-10-21(25-12-15-28-16-13-25)19(17-24)8-9-23(26)27-2/h3-7,19,21H,1,8-18H2,2H3/t19-,21+/m0/s1. The fourth-order valence-electron chi connectivity index (χ4n) is 4.48. The second-order valence-corrected chi connectivity index (χ2v) is 7.82. The number of piperidine rings is 1. The van der Waals surface area contributed by atoms with Gasteiger partial charge in [-0.15, -0.1) is 0 Å². The Bertz CT molecular complexity index is 660. The summed E-state index contributed by atoms with van der Waals surface area (Å²) in [5.74, 6) is 1.25. The van der Waals surface area contributed by atoms with E-state index in [1.54, 1.807) is 6.08 Å². The van der Waals surface area contributed by atoms with E-state index in [2.05, 4.69) is 28.5 Å². The largest absolute Gasteiger partial charge is 0.489 e. The third-order valence-corrected chi connectivity index (χ3v) is 5.96. The molecular formula is C23H34N2O4. The number of morpholine rings is 1. The smallest absolute Gasteiger partial charge is 0.305 e. The summed E-state index contributed by atoms with van der Waals surface area (Å²) in [4.78, 5) is 16.8. The molecule has 6 nitrogen and oxygen atoms in total. The van der Waals surface area contributed by atoms with Crippen molar-refractivity contribution in [2.24, 2.45) is 5.92 Å². The van der Waals surface area contributed by atoms with Gasteiger partial charge in [-0.25, -0.2) is 0 Å². The SMILES string of the molecule is C=CCOc1ccccc1CN1CC[C@@H](N2CCOCC2)[C@@H](CCC(=O)OC)C1. The highest BCUT2D eigenvalue weighted by Crippen LogP contribution is 2.29. The van der Waals surface area contributed by atoms with E-state index in [0.717, 1.165) is 64.5 Å². The van der Waals surface area contributed by atoms with Crippen LogP contribution in [0.4, 0.5) is 0 Å². The predicted molar refractivity (Wildman–Crippen MR) is 113 cm³/mol. The van der Waals surface area contributed by atoms with Crippen molar-refractivity contribution in [3.63, 3.8) is 0 Å². The molecule has 0 spiro atoms. The number of likely N-dealkylation sites (tertiary alicyclic amines) is 1. The lowest BCUT2D eigenvalue weighted by Crippen LogP contribution is -2.53. The van der Waals surface area contributed by atoms with Gasteiger partial charge >= 0.3 is 5.97 Å². The molecular weight excluding hydrogens is 368 g/mol. The average Bonchev–Trinajstić information content (AvgIpc) is 2.77. The Hall–Kier alpha value is -1.89. The molecule has 3 rings (SSSR count). The lowest BCUT2D eigenvalue weighted by molar-refractivity contribution is -0.141. The molecule has 1 aromatic rings. The summed E-state index contributed by atoms with van der Waals surface area (Å²) < 4.78 is 16.3. The van der Waals surface area contributed by atoms with Crippen molar-refractivity contribution in [2.75, 3.05) is 53.1 Å². The van der Waals surface area contributed by atoms with Gasteiger partial charge in [-0.05, 0) is 31.4 Å². The van der Waals surface area contributed by atoms with Gasteiger partial charge in [-0.1, -0.05) is 30.9 Å². The molecule has 0 bridgehead atoms. The average molecular weight is 403 g/mol. The van der Waals surface area contributed by atoms with Gasteiger partial charge in [0.2, 0.25) is 0 Å². The van der Waals surface area contributed by atoms with E-state index in [-0.39, 0.29) is 5.97 Å². The van der Waals surface area contributed by atoms with Crippen LogP contribution in [-0.4, -0.2) is 74.9 Å². The summed E-state index contributed by atoms with van der Waals surface area (Å²) in [7, 11) is 1.47. The minimum atomic E-state index is -0.119. The van der Waals surface area contributed by atoms with Gasteiger partial charge in [0.1, 0.15) is 12.4 Å². The number of para-hydroxylation sites is 1. The van der Waals surface area contributed by atoms with E-state index >= 15 is 0 Å². The Morgan fingerprint density at radius 3 is 2.83 bits per heavy atom. The van der Waals surface area contributed by atoms with Gasteiger partial charge in [0, 0.05) is 44.2 Å². The van der Waals surface area contributed by atoms with Gasteiger partial charge in [0.15, 0.2) is 0 Å². The van der Waals surface area contributed by atoms with Crippen LogP contribution in [0, 0.1) is 5.92 Å². The second kappa shape index (κ2) is 11.3. The fraction of sp³-hybridized carbons (Fsp3) is 0.609. The molecule has 2 aliphatic rings. The monoisotopic (exact) mass is 402 g/mol. The molecule has 0 N–H and O–H groups in total. The van der Waals surface area contributed by atoms with Crippen molar-refractivity contribution in [1.29, 1.82) is 0 Å². The minimum absolute atomic E-state index is 0.119. The van der Waals surface area contributed by atoms with E-state index in [4.69, 9.17) is 14.2 Å². The zero-order valence-corrected chi connectivity index (χ0v) is 17.6. The van der Waals surface area contributed by atoms with Crippen LogP contribution in [0.25, 0.3) is 0 Å². The molecule has 29 heavy (non-hydrogen) atoms. The van der Waals surface area contributed by atoms with E-state index in [9.17, 15) is 4.79 Å². The summed E-state index contributed by atoms with van der Waals surface area (Å²) >= 11 is 0. The molecule has 0 radical (unpaired) electrons. The van der Waals surface area contributed by atoms with Gasteiger partial charge in [0.25, 0.3) is 0 Å². The van der Waals surface area contributed by atoms with Crippen molar-refractivity contribution in [1.82, 2.24) is 9.80 Å². The van der Waals surface area contributed by atoms with E-state index in [1.165, 1.54) is 12.7 Å². The lowest BCUT2D eigenvalue weighted by atomic mass is 9.86. The molecule has 6 heteroatoms. The summed E-state index contributed by atoms with van der Waals surface area (Å²) in [5, 5.41) is 0. The van der Waals surface area contributed by atoms with Crippen molar-refractivity contribution in [2.45, 2.75) is 31.8 Å². The highest BCUT2D eigenvalue weighted by molar-refractivity contribution is 5.69. The number of hydrogen-bond acceptors (Lipinski definition) is 6. The van der Waals surface area contributed by atoms with Crippen LogP contribution in [0.2, 0.25) is 0 Å². The van der Waals surface area contributed by atoms with Gasteiger partial charge in [-0.3, -0.25) is 14.6 Å². The van der Waals surface area contributed by atoms with Gasteiger partial charge in [-0.2, -0.15) is 0 Å². The number of benzene rings is 1. The molecule has 2 aliphatic heterocycles. The van der Waals surface area contributed by atoms with Gasteiger partial charge in [0.05, 0.1) is 20.3 Å². The number of hydrogen-bond donors (Lipinski definition) is 0. The molecule has 0 aliphatic carbocycles. The topological polar surface area (TPSA) is 51.2 Å². The van der Waals surface area contributed by atoms with E-state index in [1.807, 2.05) is 12.1 Å². The summed E-state index contributed by atoms with van der Waals surface area (Å²) in [6.07, 6.45) is 4.23. The maximum Gasteiger partial charge on any atom is 0.305 e. The van der Waals surface area contributed by atoms with Crippen molar-refractivity contribution >= 4 is 5.97 Å². The molecule has 2 saturated heterocycles. The first kappa shape index (κ1) is 21.8. The molecule has 160 valence electrons. The molecule has 2 heterocycles. The minimum Gasteiger partial charge on any atom is -0.489 e. The Morgan fingerprint density at radius 2 is 2.07 bits per heavy atom. The molecule has 0 amide bonds. The Morgan fingerprint density at radius 1 is 1.28 bits per heavy atom. The maximum atomic E-state index is 11.8. The third-order valence-electron chi connectivity index (χ3n) is 5.96. The Labute approximate surface area is 174 Å². The number of methoxy groups -OCH3 is 1. The molecule has 0 saturated carbocycles. The zero-order valence-electron chi connectivity index (χ0n) is 17.6. The van der Waals surface area contributed by atoms with E-state index < -0.39 is 0 Å². The van der Waals surface area contributed by atoms with Crippen molar-refractivity contribution in [3.05, 3.63) is 42.5 Å². The summed E-state index contributed by atoms with van der Waals surface area (Å²) in [6, 6.07) is 8.73. The number of nitrogens with zero attached hydrogens (tertiary/aromatic N) is 2. The van der Waals surface area contributed by atoms with Crippen LogP contribution in [0.15, 0.2) is 36.9 Å². The molecule has 0 unspecified atom stereocenters. The quantitative estimate of drug-likeness (QED) is 0.468. The third kappa shape index (κ3) is 6.29. The Kier molecular flexibility index (Phi) is 8.52. The number of esters is 1. The molecule has 2 atom stereocenters. The first-order valence-corrected chi connectivity index (χ1v) is 10.6. The molecule has 0 aromatic heterocycles. The number of rotatable bonds is 9.